The Hall–Kier alpha value is -6.03. The summed E-state index contributed by atoms with van der Waals surface area (Å²) in [5, 5.41) is 10.3. The van der Waals surface area contributed by atoms with Crippen LogP contribution in [0.2, 0.25) is 0 Å². The van der Waals surface area contributed by atoms with E-state index >= 15 is 0 Å². The van der Waals surface area contributed by atoms with Crippen LogP contribution in [0.1, 0.15) is 49.5 Å². The molecule has 6 aromatic rings. The monoisotopic (exact) mass is 680 g/mol. The number of rotatable bonds is 7. The first-order valence-corrected chi connectivity index (χ1v) is 17.1. The van der Waals surface area contributed by atoms with Crippen LogP contribution in [0.4, 0.5) is 16.4 Å². The highest BCUT2D eigenvalue weighted by Gasteiger charge is 2.28. The average Bonchev–Trinajstić information content (AvgIpc) is 3.12. The number of carbonyl (C=O) groups excluding carboxylic acids is 2. The molecular weight excluding hydrogens is 640 g/mol. The van der Waals surface area contributed by atoms with E-state index < -0.39 is 5.60 Å². The number of amides is 2. The summed E-state index contributed by atoms with van der Waals surface area (Å²) in [6, 6.07) is 29.0. The Bertz CT molecular complexity index is 2250. The van der Waals surface area contributed by atoms with Gasteiger partial charge >= 0.3 is 6.09 Å². The highest BCUT2D eigenvalue weighted by Crippen LogP contribution is 2.39. The van der Waals surface area contributed by atoms with Crippen molar-refractivity contribution in [3.05, 3.63) is 115 Å². The molecule has 2 aromatic heterocycles. The zero-order valence-electron chi connectivity index (χ0n) is 29.1. The van der Waals surface area contributed by atoms with Crippen LogP contribution < -0.4 is 15.4 Å². The molecule has 0 bridgehead atoms. The second kappa shape index (κ2) is 14.1. The van der Waals surface area contributed by atoms with E-state index in [0.29, 0.717) is 53.2 Å². The minimum absolute atomic E-state index is 0.0274. The number of nitrogens with zero attached hydrogens (tertiary/aromatic N) is 4. The Kier molecular flexibility index (Phi) is 9.23. The molecule has 51 heavy (non-hydrogen) atoms. The average molecular weight is 681 g/mol. The zero-order chi connectivity index (χ0) is 35.5. The molecule has 2 N–H and O–H groups in total. The Labute approximate surface area is 296 Å². The molecule has 1 atom stereocenters. The van der Waals surface area contributed by atoms with Crippen molar-refractivity contribution in [1.82, 2.24) is 19.9 Å². The van der Waals surface area contributed by atoms with Crippen LogP contribution in [0.3, 0.4) is 0 Å². The lowest BCUT2D eigenvalue weighted by Gasteiger charge is -2.34. The van der Waals surface area contributed by atoms with Gasteiger partial charge in [-0.1, -0.05) is 54.6 Å². The van der Waals surface area contributed by atoms with Gasteiger partial charge in [0.05, 0.1) is 11.3 Å². The first kappa shape index (κ1) is 33.5. The number of piperidine rings is 1. The Morgan fingerprint density at radius 1 is 0.863 bits per heavy atom. The van der Waals surface area contributed by atoms with E-state index in [0.717, 1.165) is 39.9 Å². The van der Waals surface area contributed by atoms with Crippen LogP contribution in [0.5, 0.6) is 11.6 Å². The van der Waals surface area contributed by atoms with E-state index in [-0.39, 0.29) is 18.0 Å². The number of pyridine rings is 1. The maximum Gasteiger partial charge on any atom is 0.410 e. The van der Waals surface area contributed by atoms with Crippen LogP contribution in [0.25, 0.3) is 32.8 Å². The molecular formula is C41H40N6O4. The first-order chi connectivity index (χ1) is 24.6. The minimum Gasteiger partial charge on any atom is -0.444 e. The van der Waals surface area contributed by atoms with E-state index in [1.165, 1.54) is 0 Å². The molecule has 1 unspecified atom stereocenters. The standard InChI is InChI=1S/C41H40N6O4/c1-26-16-19-31-32(13-7-15-34(31)45-37(48)29-18-17-27-10-5-6-11-28(27)24-29)36(26)50-38-33(14-8-21-42-38)35-20-22-43-39(46-35)44-30-12-9-23-47(25-30)40(49)51-41(2,3)4/h5-8,10-11,13-22,24,30H,9,12,23,25H2,1-4H3,(H,45,48)(H,43,44,46). The number of carbonyl (C=O) groups is 2. The third-order valence-corrected chi connectivity index (χ3v) is 8.78. The molecule has 258 valence electrons. The molecule has 0 spiro atoms. The molecule has 4 aromatic carbocycles. The fourth-order valence-corrected chi connectivity index (χ4v) is 6.32. The van der Waals surface area contributed by atoms with Gasteiger partial charge in [-0.2, -0.15) is 0 Å². The fourth-order valence-electron chi connectivity index (χ4n) is 6.32. The SMILES string of the molecule is Cc1ccc2c(NC(=O)c3ccc4ccccc4c3)cccc2c1Oc1ncccc1-c1ccnc(NC2CCCN(C(=O)OC(C)(C)C)C2)n1. The largest absolute Gasteiger partial charge is 0.444 e. The number of fused-ring (bicyclic) bond motifs is 2. The second-order valence-corrected chi connectivity index (χ2v) is 13.8. The van der Waals surface area contributed by atoms with Crippen molar-refractivity contribution in [3.8, 4) is 22.9 Å². The Morgan fingerprint density at radius 3 is 2.55 bits per heavy atom. The van der Waals surface area contributed by atoms with E-state index in [1.807, 2.05) is 119 Å². The van der Waals surface area contributed by atoms with E-state index in [4.69, 9.17) is 14.5 Å². The van der Waals surface area contributed by atoms with Gasteiger partial charge < -0.3 is 25.0 Å². The van der Waals surface area contributed by atoms with E-state index in [9.17, 15) is 9.59 Å². The molecule has 0 aliphatic carbocycles. The molecule has 3 heterocycles. The summed E-state index contributed by atoms with van der Waals surface area (Å²) in [4.78, 5) is 41.8. The van der Waals surface area contributed by atoms with Crippen molar-refractivity contribution >= 4 is 45.2 Å². The topological polar surface area (TPSA) is 119 Å². The number of anilines is 2. The first-order valence-electron chi connectivity index (χ1n) is 17.1. The molecule has 1 saturated heterocycles. The number of hydrogen-bond acceptors (Lipinski definition) is 8. The van der Waals surface area contributed by atoms with Gasteiger partial charge in [0.15, 0.2) is 0 Å². The quantitative estimate of drug-likeness (QED) is 0.172. The normalized spacial score (nSPS) is 14.7. The lowest BCUT2D eigenvalue weighted by atomic mass is 10.0. The smallest absolute Gasteiger partial charge is 0.410 e. The van der Waals surface area contributed by atoms with Gasteiger partial charge in [-0.25, -0.2) is 19.7 Å². The summed E-state index contributed by atoms with van der Waals surface area (Å²) in [6.07, 6.45) is 4.78. The van der Waals surface area contributed by atoms with Crippen molar-refractivity contribution in [2.24, 2.45) is 0 Å². The highest BCUT2D eigenvalue weighted by atomic mass is 16.6. The van der Waals surface area contributed by atoms with Crippen LogP contribution in [-0.4, -0.2) is 56.6 Å². The third-order valence-electron chi connectivity index (χ3n) is 8.78. The lowest BCUT2D eigenvalue weighted by Crippen LogP contribution is -2.47. The third kappa shape index (κ3) is 7.60. The van der Waals surface area contributed by atoms with Gasteiger partial charge in [-0.15, -0.1) is 0 Å². The number of hydrogen-bond donors (Lipinski definition) is 2. The molecule has 2 amide bonds. The van der Waals surface area contributed by atoms with Crippen molar-refractivity contribution < 1.29 is 19.1 Å². The molecule has 0 radical (unpaired) electrons. The molecule has 7 rings (SSSR count). The summed E-state index contributed by atoms with van der Waals surface area (Å²) in [5.74, 6) is 1.27. The van der Waals surface area contributed by atoms with Crippen molar-refractivity contribution in [2.75, 3.05) is 23.7 Å². The maximum atomic E-state index is 13.4. The van der Waals surface area contributed by atoms with Gasteiger partial charge in [0, 0.05) is 53.5 Å². The van der Waals surface area contributed by atoms with Crippen LogP contribution in [0.15, 0.2) is 103 Å². The highest BCUT2D eigenvalue weighted by molar-refractivity contribution is 6.11. The fraction of sp³-hybridized carbons (Fsp3) is 0.244. The number of ether oxygens (including phenoxy) is 2. The Morgan fingerprint density at radius 2 is 1.71 bits per heavy atom. The van der Waals surface area contributed by atoms with Gasteiger partial charge in [0.2, 0.25) is 11.8 Å². The van der Waals surface area contributed by atoms with Crippen molar-refractivity contribution in [2.45, 2.75) is 52.2 Å². The van der Waals surface area contributed by atoms with Crippen molar-refractivity contribution in [1.29, 1.82) is 0 Å². The summed E-state index contributed by atoms with van der Waals surface area (Å²) >= 11 is 0. The van der Waals surface area contributed by atoms with E-state index in [2.05, 4.69) is 20.6 Å². The molecule has 1 aliphatic heterocycles. The molecule has 10 heteroatoms. The van der Waals surface area contributed by atoms with Crippen molar-refractivity contribution in [3.63, 3.8) is 0 Å². The van der Waals surface area contributed by atoms with Gasteiger partial charge in [-0.05, 0) is 93.3 Å². The van der Waals surface area contributed by atoms with Crippen LogP contribution in [-0.2, 0) is 4.74 Å². The lowest BCUT2D eigenvalue weighted by molar-refractivity contribution is 0.0206. The van der Waals surface area contributed by atoms with Gasteiger partial charge in [0.1, 0.15) is 11.4 Å². The summed E-state index contributed by atoms with van der Waals surface area (Å²) < 4.78 is 12.2. The summed E-state index contributed by atoms with van der Waals surface area (Å²) in [5.41, 5.74) is 2.94. The maximum absolute atomic E-state index is 13.4. The zero-order valence-corrected chi connectivity index (χ0v) is 29.1. The van der Waals surface area contributed by atoms with Crippen LogP contribution in [0, 0.1) is 6.92 Å². The van der Waals surface area contributed by atoms with Gasteiger partial charge in [0.25, 0.3) is 5.91 Å². The molecule has 1 aliphatic rings. The Balaban J connectivity index is 1.12. The minimum atomic E-state index is -0.556. The van der Waals surface area contributed by atoms with Crippen LogP contribution >= 0.6 is 0 Å². The number of aryl methyl sites for hydroxylation is 1. The summed E-state index contributed by atoms with van der Waals surface area (Å²) in [7, 11) is 0. The predicted octanol–water partition coefficient (Wildman–Crippen LogP) is 9.01. The van der Waals surface area contributed by atoms with E-state index in [1.54, 1.807) is 17.3 Å². The predicted molar refractivity (Wildman–Crippen MR) is 200 cm³/mol. The molecule has 10 nitrogen and oxygen atoms in total. The number of benzene rings is 4. The second-order valence-electron chi connectivity index (χ2n) is 13.8. The number of aromatic nitrogens is 3. The summed E-state index contributed by atoms with van der Waals surface area (Å²) in [6.45, 7) is 8.73. The van der Waals surface area contributed by atoms with Gasteiger partial charge in [-0.3, -0.25) is 4.79 Å². The number of likely N-dealkylation sites (tertiary alicyclic amines) is 1. The molecule has 0 saturated carbocycles. The number of nitrogens with one attached hydrogen (secondary N) is 2. The molecule has 1 fully saturated rings.